The van der Waals surface area contributed by atoms with Crippen molar-refractivity contribution in [3.63, 3.8) is 0 Å². The zero-order chi connectivity index (χ0) is 23.8. The third kappa shape index (κ3) is 3.70. The number of para-hydroxylation sites is 2. The van der Waals surface area contributed by atoms with Gasteiger partial charge >= 0.3 is 0 Å². The lowest BCUT2D eigenvalue weighted by atomic mass is 9.97. The number of nitro benzene ring substituents is 1. The van der Waals surface area contributed by atoms with E-state index in [1.807, 2.05) is 59.9 Å². The second kappa shape index (κ2) is 8.50. The number of fused-ring (bicyclic) bond motifs is 3. The second-order valence-electron chi connectivity index (χ2n) is 7.93. The Labute approximate surface area is 200 Å². The quantitative estimate of drug-likeness (QED) is 0.233. The molecule has 34 heavy (non-hydrogen) atoms. The number of imidazole rings is 1. The number of pyridine rings is 1. The van der Waals surface area contributed by atoms with Crippen molar-refractivity contribution in [2.45, 2.75) is 13.3 Å². The van der Waals surface area contributed by atoms with Crippen molar-refractivity contribution in [2.75, 3.05) is 5.32 Å². The van der Waals surface area contributed by atoms with E-state index in [9.17, 15) is 15.4 Å². The van der Waals surface area contributed by atoms with Gasteiger partial charge in [0.05, 0.1) is 21.5 Å². The summed E-state index contributed by atoms with van der Waals surface area (Å²) in [5.74, 6) is 0.704. The molecule has 0 radical (unpaired) electrons. The predicted octanol–water partition coefficient (Wildman–Crippen LogP) is 6.56. The number of nitrogens with zero attached hydrogens (tertiary/aromatic N) is 4. The molecule has 5 rings (SSSR count). The Morgan fingerprint density at radius 2 is 1.88 bits per heavy atom. The molecule has 0 aliphatic carbocycles. The van der Waals surface area contributed by atoms with E-state index in [4.69, 9.17) is 16.6 Å². The van der Waals surface area contributed by atoms with Gasteiger partial charge in [0, 0.05) is 34.8 Å². The first kappa shape index (κ1) is 21.4. The Bertz CT molecular complexity index is 1620. The predicted molar refractivity (Wildman–Crippen MR) is 133 cm³/mol. The molecular formula is C26H18ClN5O2. The van der Waals surface area contributed by atoms with Crippen molar-refractivity contribution in [3.05, 3.63) is 110 Å². The van der Waals surface area contributed by atoms with E-state index in [1.54, 1.807) is 12.1 Å². The second-order valence-corrected chi connectivity index (χ2v) is 8.37. The largest absolute Gasteiger partial charge is 0.341 e. The maximum absolute atomic E-state index is 11.3. The lowest BCUT2D eigenvalue weighted by Gasteiger charge is -2.19. The number of rotatable bonds is 5. The van der Waals surface area contributed by atoms with E-state index >= 15 is 0 Å². The van der Waals surface area contributed by atoms with Gasteiger partial charge < -0.3 is 5.32 Å². The zero-order valence-corrected chi connectivity index (χ0v) is 18.9. The average molecular weight is 468 g/mol. The Kier molecular flexibility index (Phi) is 5.36. The minimum absolute atomic E-state index is 0.0126. The van der Waals surface area contributed by atoms with Crippen LogP contribution in [0.4, 0.5) is 17.2 Å². The van der Waals surface area contributed by atoms with Crippen molar-refractivity contribution >= 4 is 45.5 Å². The fourth-order valence-corrected chi connectivity index (χ4v) is 4.30. The molecule has 5 aromatic rings. The lowest BCUT2D eigenvalue weighted by molar-refractivity contribution is -0.384. The van der Waals surface area contributed by atoms with E-state index < -0.39 is 4.92 Å². The van der Waals surface area contributed by atoms with Crippen molar-refractivity contribution in [3.8, 4) is 6.07 Å². The molecule has 0 aliphatic rings. The number of nitro groups is 1. The van der Waals surface area contributed by atoms with Crippen LogP contribution in [0.3, 0.4) is 0 Å². The van der Waals surface area contributed by atoms with Crippen LogP contribution in [0.1, 0.15) is 22.3 Å². The van der Waals surface area contributed by atoms with Crippen LogP contribution in [0.2, 0.25) is 5.02 Å². The first-order chi connectivity index (χ1) is 16.5. The Morgan fingerprint density at radius 1 is 1.12 bits per heavy atom. The Morgan fingerprint density at radius 3 is 2.62 bits per heavy atom. The number of halogens is 1. The number of aromatic nitrogens is 2. The SMILES string of the molecule is Cc1c(Cc2ccc(Cl)cc2)c(Nc2cccc([N+](=O)[O-])c2)n2c(nc3ccccc32)c1C#N. The average Bonchev–Trinajstić information content (AvgIpc) is 3.22. The molecule has 7 nitrogen and oxygen atoms in total. The number of hydrogen-bond acceptors (Lipinski definition) is 5. The van der Waals surface area contributed by atoms with Gasteiger partial charge in [-0.1, -0.05) is 41.9 Å². The van der Waals surface area contributed by atoms with Gasteiger partial charge in [0.2, 0.25) is 0 Å². The normalized spacial score (nSPS) is 11.0. The van der Waals surface area contributed by atoms with Crippen molar-refractivity contribution in [1.29, 1.82) is 5.26 Å². The van der Waals surface area contributed by atoms with Gasteiger partial charge in [0.15, 0.2) is 5.65 Å². The number of anilines is 2. The van der Waals surface area contributed by atoms with Gasteiger partial charge in [-0.2, -0.15) is 5.26 Å². The molecule has 166 valence electrons. The summed E-state index contributed by atoms with van der Waals surface area (Å²) in [4.78, 5) is 15.6. The van der Waals surface area contributed by atoms with Gasteiger partial charge in [-0.25, -0.2) is 4.98 Å². The smallest absolute Gasteiger partial charge is 0.271 e. The lowest BCUT2D eigenvalue weighted by Crippen LogP contribution is -2.09. The fourth-order valence-electron chi connectivity index (χ4n) is 4.17. The number of hydrogen-bond donors (Lipinski definition) is 1. The highest BCUT2D eigenvalue weighted by atomic mass is 35.5. The van der Waals surface area contributed by atoms with E-state index in [2.05, 4.69) is 11.4 Å². The van der Waals surface area contributed by atoms with E-state index in [0.717, 1.165) is 27.7 Å². The molecule has 0 unspecified atom stereocenters. The summed E-state index contributed by atoms with van der Waals surface area (Å²) in [6.45, 7) is 1.90. The Balaban J connectivity index is 1.81. The molecule has 2 heterocycles. The third-order valence-electron chi connectivity index (χ3n) is 5.85. The summed E-state index contributed by atoms with van der Waals surface area (Å²) in [7, 11) is 0. The van der Waals surface area contributed by atoms with Gasteiger partial charge in [-0.15, -0.1) is 0 Å². The maximum Gasteiger partial charge on any atom is 0.271 e. The number of nitriles is 1. The van der Waals surface area contributed by atoms with Crippen LogP contribution in [-0.2, 0) is 6.42 Å². The van der Waals surface area contributed by atoms with Crippen LogP contribution in [0, 0.1) is 28.4 Å². The van der Waals surface area contributed by atoms with Crippen LogP contribution >= 0.6 is 11.6 Å². The number of non-ortho nitro benzene ring substituents is 1. The minimum atomic E-state index is -0.425. The van der Waals surface area contributed by atoms with Gasteiger partial charge in [0.25, 0.3) is 5.69 Å². The molecule has 0 aliphatic heterocycles. The molecule has 0 saturated carbocycles. The standard InChI is InChI=1S/C26H18ClN5O2/c1-16-21(13-17-9-11-18(27)12-10-17)25(29-19-5-4-6-20(14-19)32(33)34)31-24-8-3-2-7-23(24)30-26(31)22(16)15-28/h2-12,14,29H,13H2,1H3. The molecule has 8 heteroatoms. The molecule has 0 bridgehead atoms. The molecule has 0 atom stereocenters. The minimum Gasteiger partial charge on any atom is -0.341 e. The first-order valence-corrected chi connectivity index (χ1v) is 10.9. The molecule has 3 aromatic carbocycles. The summed E-state index contributed by atoms with van der Waals surface area (Å²) in [6, 6.07) is 23.9. The van der Waals surface area contributed by atoms with Gasteiger partial charge in [-0.3, -0.25) is 14.5 Å². The van der Waals surface area contributed by atoms with Crippen LogP contribution in [-0.4, -0.2) is 14.3 Å². The molecule has 1 N–H and O–H groups in total. The molecule has 0 amide bonds. The van der Waals surface area contributed by atoms with E-state index in [0.29, 0.717) is 34.2 Å². The fraction of sp³-hybridized carbons (Fsp3) is 0.0769. The highest BCUT2D eigenvalue weighted by Gasteiger charge is 2.21. The molecule has 2 aromatic heterocycles. The zero-order valence-electron chi connectivity index (χ0n) is 18.1. The topological polar surface area (TPSA) is 96.3 Å². The number of benzene rings is 3. The van der Waals surface area contributed by atoms with Crippen molar-refractivity contribution < 1.29 is 4.92 Å². The maximum atomic E-state index is 11.3. The summed E-state index contributed by atoms with van der Waals surface area (Å²) in [6.07, 6.45) is 0.525. The van der Waals surface area contributed by atoms with Gasteiger partial charge in [-0.05, 0) is 48.4 Å². The highest BCUT2D eigenvalue weighted by Crippen LogP contribution is 2.34. The third-order valence-corrected chi connectivity index (χ3v) is 6.10. The van der Waals surface area contributed by atoms with Crippen LogP contribution in [0.25, 0.3) is 16.7 Å². The van der Waals surface area contributed by atoms with Crippen LogP contribution in [0.5, 0.6) is 0 Å². The molecule has 0 saturated heterocycles. The summed E-state index contributed by atoms with van der Waals surface area (Å²) in [5.41, 5.74) is 5.87. The Hall–Kier alpha value is -4.41. The number of nitrogens with one attached hydrogen (secondary N) is 1. The highest BCUT2D eigenvalue weighted by molar-refractivity contribution is 6.30. The van der Waals surface area contributed by atoms with Crippen LogP contribution < -0.4 is 5.32 Å². The van der Waals surface area contributed by atoms with Crippen LogP contribution in [0.15, 0.2) is 72.8 Å². The summed E-state index contributed by atoms with van der Waals surface area (Å²) < 4.78 is 1.92. The van der Waals surface area contributed by atoms with E-state index in [1.165, 1.54) is 12.1 Å². The van der Waals surface area contributed by atoms with Crippen molar-refractivity contribution in [1.82, 2.24) is 9.38 Å². The summed E-state index contributed by atoms with van der Waals surface area (Å²) >= 11 is 6.08. The van der Waals surface area contributed by atoms with Crippen molar-refractivity contribution in [2.24, 2.45) is 0 Å². The monoisotopic (exact) mass is 467 g/mol. The molecular weight excluding hydrogens is 450 g/mol. The molecule has 0 fully saturated rings. The van der Waals surface area contributed by atoms with Gasteiger partial charge in [0.1, 0.15) is 11.9 Å². The van der Waals surface area contributed by atoms with E-state index in [-0.39, 0.29) is 5.69 Å². The summed E-state index contributed by atoms with van der Waals surface area (Å²) in [5, 5.41) is 25.4. The first-order valence-electron chi connectivity index (χ1n) is 10.5. The molecule has 0 spiro atoms.